The maximum absolute atomic E-state index is 13.9. The summed E-state index contributed by atoms with van der Waals surface area (Å²) in [6.45, 7) is 2.47. The van der Waals surface area contributed by atoms with E-state index in [0.717, 1.165) is 29.5 Å². The van der Waals surface area contributed by atoms with Crippen molar-refractivity contribution < 1.29 is 19.0 Å². The number of pyridine rings is 1. The van der Waals surface area contributed by atoms with E-state index in [1.54, 1.807) is 31.3 Å². The molecule has 0 aliphatic heterocycles. The van der Waals surface area contributed by atoms with Gasteiger partial charge in [-0.25, -0.2) is 9.37 Å². The molecular weight excluding hydrogens is 407 g/mol. The average molecular weight is 435 g/mol. The second kappa shape index (κ2) is 9.92. The van der Waals surface area contributed by atoms with Crippen molar-refractivity contribution in [1.82, 2.24) is 10.3 Å². The molecule has 6 heteroatoms. The molecular formula is C26H27FN2O3. The number of aromatic nitrogens is 1. The largest absolute Gasteiger partial charge is 0.477 e. The third kappa shape index (κ3) is 5.32. The summed E-state index contributed by atoms with van der Waals surface area (Å²) in [6.07, 6.45) is 4.47. The maximum Gasteiger partial charge on any atom is 0.257 e. The van der Waals surface area contributed by atoms with Crippen LogP contribution in [0.1, 0.15) is 39.9 Å². The van der Waals surface area contributed by atoms with Gasteiger partial charge in [0.1, 0.15) is 11.4 Å². The minimum Gasteiger partial charge on any atom is -0.477 e. The van der Waals surface area contributed by atoms with E-state index in [9.17, 15) is 14.3 Å². The predicted molar refractivity (Wildman–Crippen MR) is 121 cm³/mol. The number of halogens is 1. The molecule has 1 aromatic heterocycles. The molecule has 2 aromatic carbocycles. The van der Waals surface area contributed by atoms with Crippen LogP contribution in [-0.4, -0.2) is 29.2 Å². The van der Waals surface area contributed by atoms with Gasteiger partial charge in [0.15, 0.2) is 0 Å². The van der Waals surface area contributed by atoms with E-state index >= 15 is 0 Å². The molecule has 4 rings (SSSR count). The number of aryl methyl sites for hydroxylation is 1. The second-order valence-corrected chi connectivity index (χ2v) is 8.23. The number of hydrogen-bond acceptors (Lipinski definition) is 4. The Balaban J connectivity index is 1.60. The molecule has 0 bridgehead atoms. The fraction of sp³-hybridized carbons (Fsp3) is 0.308. The van der Waals surface area contributed by atoms with Gasteiger partial charge in [0.2, 0.25) is 5.88 Å². The zero-order valence-corrected chi connectivity index (χ0v) is 18.1. The van der Waals surface area contributed by atoms with E-state index in [1.165, 1.54) is 6.07 Å². The van der Waals surface area contributed by atoms with Gasteiger partial charge in [0.05, 0.1) is 6.61 Å². The minimum atomic E-state index is -0.328. The van der Waals surface area contributed by atoms with Crippen molar-refractivity contribution in [2.75, 3.05) is 13.2 Å². The van der Waals surface area contributed by atoms with Gasteiger partial charge in [-0.05, 0) is 66.5 Å². The van der Waals surface area contributed by atoms with Gasteiger partial charge in [-0.1, -0.05) is 36.4 Å². The number of aliphatic hydroxyl groups is 1. The number of ether oxygens (including phenoxy) is 1. The number of aliphatic hydroxyl groups excluding tert-OH is 1. The number of nitrogens with zero attached hydrogens (tertiary/aromatic N) is 1. The monoisotopic (exact) mass is 434 g/mol. The lowest BCUT2D eigenvalue weighted by Crippen LogP contribution is -2.24. The Bertz CT molecular complexity index is 1110. The number of amides is 1. The number of rotatable bonds is 9. The minimum absolute atomic E-state index is 0.0352. The van der Waals surface area contributed by atoms with Gasteiger partial charge in [-0.3, -0.25) is 4.79 Å². The van der Waals surface area contributed by atoms with E-state index in [1.807, 2.05) is 24.3 Å². The number of carbonyl (C=O) groups excluding carboxylic acids is 1. The molecule has 0 atom stereocenters. The highest BCUT2D eigenvalue weighted by Crippen LogP contribution is 2.31. The van der Waals surface area contributed by atoms with Crippen LogP contribution in [0.4, 0.5) is 4.39 Å². The SMILES string of the molecule is Cc1ccc(CNC(=O)c2cc(-c3ccccc3CCO)cnc2OCC2CC2)cc1F. The molecule has 0 saturated heterocycles. The first-order valence-corrected chi connectivity index (χ1v) is 10.9. The van der Waals surface area contributed by atoms with Crippen molar-refractivity contribution in [3.63, 3.8) is 0 Å². The smallest absolute Gasteiger partial charge is 0.257 e. The zero-order valence-electron chi connectivity index (χ0n) is 18.1. The third-order valence-electron chi connectivity index (χ3n) is 5.65. The summed E-state index contributed by atoms with van der Waals surface area (Å²) in [4.78, 5) is 17.5. The first kappa shape index (κ1) is 22.0. The number of benzene rings is 2. The lowest BCUT2D eigenvalue weighted by molar-refractivity contribution is 0.0945. The van der Waals surface area contributed by atoms with E-state index < -0.39 is 0 Å². The zero-order chi connectivity index (χ0) is 22.5. The molecule has 1 amide bonds. The van der Waals surface area contributed by atoms with Crippen molar-refractivity contribution in [3.05, 3.63) is 82.8 Å². The van der Waals surface area contributed by atoms with E-state index in [-0.39, 0.29) is 24.9 Å². The van der Waals surface area contributed by atoms with Crippen LogP contribution < -0.4 is 10.1 Å². The van der Waals surface area contributed by atoms with Crippen molar-refractivity contribution >= 4 is 5.91 Å². The Morgan fingerprint density at radius 2 is 2.03 bits per heavy atom. The lowest BCUT2D eigenvalue weighted by atomic mass is 9.98. The molecule has 1 heterocycles. The number of hydrogen-bond donors (Lipinski definition) is 2. The van der Waals surface area contributed by atoms with Gasteiger partial charge in [-0.15, -0.1) is 0 Å². The molecule has 1 aliphatic rings. The van der Waals surface area contributed by atoms with Crippen molar-refractivity contribution in [2.24, 2.45) is 5.92 Å². The quantitative estimate of drug-likeness (QED) is 0.522. The van der Waals surface area contributed by atoms with Gasteiger partial charge in [-0.2, -0.15) is 0 Å². The van der Waals surface area contributed by atoms with Crippen molar-refractivity contribution in [2.45, 2.75) is 32.7 Å². The molecule has 0 radical (unpaired) electrons. The Hall–Kier alpha value is -3.25. The predicted octanol–water partition coefficient (Wildman–Crippen LogP) is 4.45. The third-order valence-corrected chi connectivity index (χ3v) is 5.65. The van der Waals surface area contributed by atoms with Gasteiger partial charge in [0.25, 0.3) is 5.91 Å². The van der Waals surface area contributed by atoms with Crippen LogP contribution in [0.3, 0.4) is 0 Å². The molecule has 2 N–H and O–H groups in total. The molecule has 1 fully saturated rings. The van der Waals surface area contributed by atoms with E-state index in [0.29, 0.717) is 41.5 Å². The Morgan fingerprint density at radius 3 is 2.78 bits per heavy atom. The fourth-order valence-corrected chi connectivity index (χ4v) is 3.52. The van der Waals surface area contributed by atoms with Crippen LogP contribution in [0.5, 0.6) is 5.88 Å². The van der Waals surface area contributed by atoms with Crippen molar-refractivity contribution in [3.8, 4) is 17.0 Å². The van der Waals surface area contributed by atoms with Gasteiger partial charge >= 0.3 is 0 Å². The first-order chi connectivity index (χ1) is 15.5. The van der Waals surface area contributed by atoms with Gasteiger partial charge < -0.3 is 15.2 Å². The summed E-state index contributed by atoms with van der Waals surface area (Å²) < 4.78 is 19.7. The summed E-state index contributed by atoms with van der Waals surface area (Å²) in [6, 6.07) is 14.4. The summed E-state index contributed by atoms with van der Waals surface area (Å²) >= 11 is 0. The highest BCUT2D eigenvalue weighted by Gasteiger charge is 2.24. The maximum atomic E-state index is 13.9. The molecule has 0 spiro atoms. The number of nitrogens with one attached hydrogen (secondary N) is 1. The normalized spacial score (nSPS) is 13.1. The summed E-state index contributed by atoms with van der Waals surface area (Å²) in [5.41, 5.74) is 4.25. The standard InChI is InChI=1S/C26H27FN2O3/c1-17-6-7-19(12-24(17)27)14-28-25(31)23-13-21(15-29-26(23)32-16-18-8-9-18)22-5-3-2-4-20(22)10-11-30/h2-7,12-13,15,18,30H,8-11,14,16H2,1H3,(H,28,31). The topological polar surface area (TPSA) is 71.5 Å². The molecule has 3 aromatic rings. The summed E-state index contributed by atoms with van der Waals surface area (Å²) in [5, 5.41) is 12.3. The van der Waals surface area contributed by atoms with E-state index in [4.69, 9.17) is 4.74 Å². The highest BCUT2D eigenvalue weighted by molar-refractivity contribution is 5.97. The Kier molecular flexibility index (Phi) is 6.81. The number of carbonyl (C=O) groups is 1. The first-order valence-electron chi connectivity index (χ1n) is 10.9. The Morgan fingerprint density at radius 1 is 1.22 bits per heavy atom. The fourth-order valence-electron chi connectivity index (χ4n) is 3.52. The Labute approximate surface area is 187 Å². The lowest BCUT2D eigenvalue weighted by Gasteiger charge is -2.14. The van der Waals surface area contributed by atoms with Crippen LogP contribution in [0.15, 0.2) is 54.7 Å². The molecule has 0 unspecified atom stereocenters. The summed E-state index contributed by atoms with van der Waals surface area (Å²) in [7, 11) is 0. The van der Waals surface area contributed by atoms with Crippen LogP contribution in [0.25, 0.3) is 11.1 Å². The highest BCUT2D eigenvalue weighted by atomic mass is 19.1. The molecule has 32 heavy (non-hydrogen) atoms. The van der Waals surface area contributed by atoms with Gasteiger partial charge in [0, 0.05) is 24.9 Å². The molecule has 5 nitrogen and oxygen atoms in total. The molecule has 166 valence electrons. The van der Waals surface area contributed by atoms with Crippen LogP contribution in [-0.2, 0) is 13.0 Å². The van der Waals surface area contributed by atoms with Crippen molar-refractivity contribution in [1.29, 1.82) is 0 Å². The van der Waals surface area contributed by atoms with Crippen LogP contribution >= 0.6 is 0 Å². The molecule has 1 aliphatic carbocycles. The second-order valence-electron chi connectivity index (χ2n) is 8.23. The average Bonchev–Trinajstić information content (AvgIpc) is 3.63. The van der Waals surface area contributed by atoms with Crippen LogP contribution in [0, 0.1) is 18.7 Å². The van der Waals surface area contributed by atoms with Crippen LogP contribution in [0.2, 0.25) is 0 Å². The molecule has 1 saturated carbocycles. The van der Waals surface area contributed by atoms with E-state index in [2.05, 4.69) is 10.3 Å². The summed E-state index contributed by atoms with van der Waals surface area (Å²) in [5.74, 6) is 0.196.